The number of nitrogens with one attached hydrogen (secondary N) is 2. The van der Waals surface area contributed by atoms with E-state index < -0.39 is 0 Å². The average molecular weight is 446 g/mol. The van der Waals surface area contributed by atoms with Gasteiger partial charge < -0.3 is 25.0 Å². The summed E-state index contributed by atoms with van der Waals surface area (Å²) in [5.74, 6) is 0.873. The molecule has 0 saturated carbocycles. The molecule has 0 radical (unpaired) electrons. The minimum atomic E-state index is 0.0640. The monoisotopic (exact) mass is 445 g/mol. The van der Waals surface area contributed by atoms with Crippen LogP contribution in [0.5, 0.6) is 0 Å². The fourth-order valence-corrected chi connectivity index (χ4v) is 4.18. The molecule has 8 heteroatoms. The van der Waals surface area contributed by atoms with E-state index in [0.29, 0.717) is 31.2 Å². The fourth-order valence-electron chi connectivity index (χ4n) is 4.18. The van der Waals surface area contributed by atoms with Crippen molar-refractivity contribution < 1.29 is 14.3 Å². The Bertz CT molecular complexity index is 739. The lowest BCUT2D eigenvalue weighted by atomic mass is 10.1. The first-order valence-electron chi connectivity index (χ1n) is 11.8. The minimum absolute atomic E-state index is 0.0640. The Balaban J connectivity index is 1.53. The van der Waals surface area contributed by atoms with E-state index in [-0.39, 0.29) is 18.1 Å². The number of benzene rings is 1. The normalized spacial score (nSPS) is 23.6. The van der Waals surface area contributed by atoms with Crippen molar-refractivity contribution in [2.75, 3.05) is 52.5 Å². The Labute approximate surface area is 192 Å². The van der Waals surface area contributed by atoms with E-state index in [4.69, 9.17) is 14.5 Å². The SMILES string of the molecule is CCNC(=NCc1ccc(C(=O)N2CC(C)OC(C)C2)cc1)NCC(C)N1CCOCC1. The standard InChI is InChI=1S/C24H39N5O3/c1-5-25-24(26-14-18(2)28-10-12-31-13-11-28)27-15-21-6-8-22(9-7-21)23(30)29-16-19(3)32-20(4)17-29/h6-9,18-20H,5,10-17H2,1-4H3,(H2,25,26,27). The maximum absolute atomic E-state index is 12.8. The summed E-state index contributed by atoms with van der Waals surface area (Å²) in [4.78, 5) is 21.9. The predicted molar refractivity (Wildman–Crippen MR) is 127 cm³/mol. The number of aliphatic imine (C=N–C) groups is 1. The lowest BCUT2D eigenvalue weighted by molar-refractivity contribution is -0.0586. The third-order valence-corrected chi connectivity index (χ3v) is 5.91. The third kappa shape index (κ3) is 7.18. The number of rotatable bonds is 7. The van der Waals surface area contributed by atoms with E-state index in [2.05, 4.69) is 29.4 Å². The van der Waals surface area contributed by atoms with Crippen LogP contribution < -0.4 is 10.6 Å². The van der Waals surface area contributed by atoms with Crippen LogP contribution in [-0.2, 0) is 16.0 Å². The number of amides is 1. The van der Waals surface area contributed by atoms with Gasteiger partial charge in [-0.15, -0.1) is 0 Å². The van der Waals surface area contributed by atoms with Gasteiger partial charge in [0, 0.05) is 50.9 Å². The van der Waals surface area contributed by atoms with E-state index in [0.717, 1.165) is 50.9 Å². The summed E-state index contributed by atoms with van der Waals surface area (Å²) in [6.07, 6.45) is 0.138. The first-order chi connectivity index (χ1) is 15.5. The summed E-state index contributed by atoms with van der Waals surface area (Å²) in [5, 5.41) is 6.77. The summed E-state index contributed by atoms with van der Waals surface area (Å²) in [6, 6.07) is 8.20. The van der Waals surface area contributed by atoms with Crippen LogP contribution in [0.15, 0.2) is 29.3 Å². The maximum Gasteiger partial charge on any atom is 0.254 e. The fraction of sp³-hybridized carbons (Fsp3) is 0.667. The topological polar surface area (TPSA) is 78.4 Å². The number of hydrogen-bond donors (Lipinski definition) is 2. The molecule has 1 amide bonds. The molecule has 178 valence electrons. The Hall–Kier alpha value is -2.16. The number of morpholine rings is 2. The summed E-state index contributed by atoms with van der Waals surface area (Å²) < 4.78 is 11.2. The predicted octanol–water partition coefficient (Wildman–Crippen LogP) is 1.71. The van der Waals surface area contributed by atoms with E-state index in [1.807, 2.05) is 43.0 Å². The van der Waals surface area contributed by atoms with E-state index >= 15 is 0 Å². The summed E-state index contributed by atoms with van der Waals surface area (Å²) >= 11 is 0. The van der Waals surface area contributed by atoms with Crippen molar-refractivity contribution >= 4 is 11.9 Å². The van der Waals surface area contributed by atoms with Crippen molar-refractivity contribution in [1.29, 1.82) is 0 Å². The minimum Gasteiger partial charge on any atom is -0.379 e. The number of carbonyl (C=O) groups excluding carboxylic acids is 1. The van der Waals surface area contributed by atoms with Crippen LogP contribution in [0.1, 0.15) is 43.6 Å². The molecule has 2 aliphatic heterocycles. The maximum atomic E-state index is 12.8. The molecule has 1 aromatic carbocycles. The molecule has 2 aliphatic rings. The van der Waals surface area contributed by atoms with Crippen molar-refractivity contribution in [2.24, 2.45) is 4.99 Å². The van der Waals surface area contributed by atoms with Crippen LogP contribution in [0.25, 0.3) is 0 Å². The van der Waals surface area contributed by atoms with Gasteiger partial charge in [0.25, 0.3) is 5.91 Å². The molecule has 3 atom stereocenters. The molecular weight excluding hydrogens is 406 g/mol. The van der Waals surface area contributed by atoms with Gasteiger partial charge in [-0.2, -0.15) is 0 Å². The Morgan fingerprint density at radius 3 is 2.41 bits per heavy atom. The lowest BCUT2D eigenvalue weighted by Crippen LogP contribution is -2.49. The second-order valence-electron chi connectivity index (χ2n) is 8.74. The van der Waals surface area contributed by atoms with Crippen molar-refractivity contribution in [3.05, 3.63) is 35.4 Å². The molecule has 3 rings (SSSR count). The van der Waals surface area contributed by atoms with Crippen LogP contribution in [0.3, 0.4) is 0 Å². The second-order valence-corrected chi connectivity index (χ2v) is 8.74. The molecule has 1 aromatic rings. The van der Waals surface area contributed by atoms with E-state index in [9.17, 15) is 4.79 Å². The third-order valence-electron chi connectivity index (χ3n) is 5.91. The highest BCUT2D eigenvalue weighted by molar-refractivity contribution is 5.94. The molecule has 3 unspecified atom stereocenters. The van der Waals surface area contributed by atoms with Gasteiger partial charge in [-0.3, -0.25) is 9.69 Å². The summed E-state index contributed by atoms with van der Waals surface area (Å²) in [5.41, 5.74) is 1.78. The van der Waals surface area contributed by atoms with Gasteiger partial charge in [-0.25, -0.2) is 4.99 Å². The molecule has 0 spiro atoms. The number of guanidine groups is 1. The van der Waals surface area contributed by atoms with E-state index in [1.54, 1.807) is 0 Å². The molecule has 32 heavy (non-hydrogen) atoms. The van der Waals surface area contributed by atoms with Gasteiger partial charge >= 0.3 is 0 Å². The molecule has 2 N–H and O–H groups in total. The zero-order chi connectivity index (χ0) is 22.9. The van der Waals surface area contributed by atoms with Crippen molar-refractivity contribution in [3.63, 3.8) is 0 Å². The molecule has 2 heterocycles. The molecule has 2 saturated heterocycles. The Morgan fingerprint density at radius 1 is 1.12 bits per heavy atom. The van der Waals surface area contributed by atoms with Crippen molar-refractivity contribution in [1.82, 2.24) is 20.4 Å². The largest absolute Gasteiger partial charge is 0.379 e. The van der Waals surface area contributed by atoms with Crippen LogP contribution in [0.4, 0.5) is 0 Å². The Morgan fingerprint density at radius 2 is 1.78 bits per heavy atom. The Kier molecular flexibility index (Phi) is 9.32. The molecule has 0 aromatic heterocycles. The lowest BCUT2D eigenvalue weighted by Gasteiger charge is -2.35. The number of nitrogens with zero attached hydrogens (tertiary/aromatic N) is 3. The van der Waals surface area contributed by atoms with Crippen molar-refractivity contribution in [2.45, 2.75) is 52.5 Å². The van der Waals surface area contributed by atoms with Gasteiger partial charge in [0.05, 0.1) is 32.0 Å². The molecule has 2 fully saturated rings. The number of ether oxygens (including phenoxy) is 2. The average Bonchev–Trinajstić information content (AvgIpc) is 2.80. The first kappa shape index (κ1) is 24.5. The zero-order valence-electron chi connectivity index (χ0n) is 20.0. The zero-order valence-corrected chi connectivity index (χ0v) is 20.0. The van der Waals surface area contributed by atoms with Gasteiger partial charge in [-0.05, 0) is 45.4 Å². The number of hydrogen-bond acceptors (Lipinski definition) is 5. The quantitative estimate of drug-likeness (QED) is 0.492. The van der Waals surface area contributed by atoms with E-state index in [1.165, 1.54) is 0 Å². The van der Waals surface area contributed by atoms with Crippen molar-refractivity contribution in [3.8, 4) is 0 Å². The molecule has 8 nitrogen and oxygen atoms in total. The van der Waals surface area contributed by atoms with Gasteiger partial charge in [-0.1, -0.05) is 12.1 Å². The highest BCUT2D eigenvalue weighted by Crippen LogP contribution is 2.15. The highest BCUT2D eigenvalue weighted by atomic mass is 16.5. The highest BCUT2D eigenvalue weighted by Gasteiger charge is 2.26. The summed E-state index contributed by atoms with van der Waals surface area (Å²) in [7, 11) is 0. The molecular formula is C24H39N5O3. The van der Waals surface area contributed by atoms with Gasteiger partial charge in [0.1, 0.15) is 0 Å². The molecule has 0 bridgehead atoms. The first-order valence-corrected chi connectivity index (χ1v) is 11.8. The van der Waals surface area contributed by atoms with Crippen LogP contribution in [0.2, 0.25) is 0 Å². The van der Waals surface area contributed by atoms with Gasteiger partial charge in [0.2, 0.25) is 0 Å². The molecule has 0 aliphatic carbocycles. The van der Waals surface area contributed by atoms with Crippen LogP contribution in [0, 0.1) is 0 Å². The van der Waals surface area contributed by atoms with Gasteiger partial charge in [0.15, 0.2) is 5.96 Å². The van der Waals surface area contributed by atoms with Crippen LogP contribution >= 0.6 is 0 Å². The smallest absolute Gasteiger partial charge is 0.254 e. The summed E-state index contributed by atoms with van der Waals surface area (Å²) in [6.45, 7) is 15.3. The second kappa shape index (κ2) is 12.2. The van der Waals surface area contributed by atoms with Crippen LogP contribution in [-0.4, -0.2) is 92.4 Å². The number of carbonyl (C=O) groups is 1.